The zero-order valence-corrected chi connectivity index (χ0v) is 12.1. The highest BCUT2D eigenvalue weighted by Gasteiger charge is 2.33. The first-order valence-corrected chi connectivity index (χ1v) is 7.21. The van der Waals surface area contributed by atoms with Crippen LogP contribution in [0.1, 0.15) is 19.8 Å². The molecule has 3 atom stereocenters. The molecular formula is C11H20IN3O. The fourth-order valence-electron chi connectivity index (χ4n) is 2.36. The molecule has 2 saturated heterocycles. The Morgan fingerprint density at radius 1 is 1.38 bits per heavy atom. The zero-order chi connectivity index (χ0) is 11.7. The molecule has 0 unspecified atom stereocenters. The second-order valence-electron chi connectivity index (χ2n) is 4.88. The van der Waals surface area contributed by atoms with Crippen LogP contribution in [0.25, 0.3) is 0 Å². The van der Waals surface area contributed by atoms with Gasteiger partial charge in [0, 0.05) is 25.7 Å². The number of amides is 1. The number of nitrogens with one attached hydrogen (secondary N) is 1. The van der Waals surface area contributed by atoms with E-state index < -0.39 is 0 Å². The van der Waals surface area contributed by atoms with Crippen LogP contribution in [0.4, 0.5) is 0 Å². The van der Waals surface area contributed by atoms with E-state index in [9.17, 15) is 4.79 Å². The number of hydrogen-bond donors (Lipinski definition) is 1. The summed E-state index contributed by atoms with van der Waals surface area (Å²) in [6.45, 7) is 4.93. The number of carbonyl (C=O) groups excluding carboxylic acids is 1. The first-order valence-electron chi connectivity index (χ1n) is 5.97. The van der Waals surface area contributed by atoms with Crippen LogP contribution in [-0.4, -0.2) is 58.5 Å². The fourth-order valence-corrected chi connectivity index (χ4v) is 3.16. The smallest absolute Gasteiger partial charge is 0.239 e. The van der Waals surface area contributed by atoms with Crippen molar-refractivity contribution >= 4 is 28.5 Å². The van der Waals surface area contributed by atoms with E-state index >= 15 is 0 Å². The number of halogens is 1. The van der Waals surface area contributed by atoms with Crippen molar-refractivity contribution in [3.63, 3.8) is 0 Å². The lowest BCUT2D eigenvalue weighted by Gasteiger charge is -2.38. The molecule has 0 radical (unpaired) electrons. The number of carbonyl (C=O) groups is 1. The summed E-state index contributed by atoms with van der Waals surface area (Å²) in [6.07, 6.45) is 2.10. The largest absolute Gasteiger partial charge is 0.339 e. The SMILES string of the molecule is C[C@@H]1CN(C(=O)[C@@H]2CC[C@@H](I)N2)CCN1C. The quantitative estimate of drug-likeness (QED) is 0.434. The van der Waals surface area contributed by atoms with Gasteiger partial charge in [0.05, 0.1) is 10.1 Å². The molecule has 0 aromatic heterocycles. The van der Waals surface area contributed by atoms with Crippen LogP contribution in [0, 0.1) is 0 Å². The predicted molar refractivity (Wildman–Crippen MR) is 72.6 cm³/mol. The average molecular weight is 337 g/mol. The molecule has 2 fully saturated rings. The Balaban J connectivity index is 1.90. The standard InChI is InChI=1S/C11H20IN3O/c1-8-7-15(6-5-14(8)2)11(16)9-3-4-10(12)13-9/h8-10,13H,3-7H2,1-2H3/t8-,9+,10+/m1/s1. The van der Waals surface area contributed by atoms with Gasteiger partial charge in [-0.3, -0.25) is 10.1 Å². The maximum atomic E-state index is 12.2. The van der Waals surface area contributed by atoms with E-state index in [4.69, 9.17) is 0 Å². The second kappa shape index (κ2) is 5.18. The third kappa shape index (κ3) is 2.68. The molecule has 1 N–H and O–H groups in total. The van der Waals surface area contributed by atoms with Crippen molar-refractivity contribution in [1.29, 1.82) is 0 Å². The van der Waals surface area contributed by atoms with Crippen LogP contribution in [0.15, 0.2) is 0 Å². The molecular weight excluding hydrogens is 317 g/mol. The lowest BCUT2D eigenvalue weighted by molar-refractivity contribution is -0.135. The minimum absolute atomic E-state index is 0.0671. The Morgan fingerprint density at radius 2 is 2.12 bits per heavy atom. The molecule has 2 rings (SSSR count). The predicted octanol–water partition coefficient (Wildman–Crippen LogP) is 0.662. The summed E-state index contributed by atoms with van der Waals surface area (Å²) in [7, 11) is 2.13. The summed E-state index contributed by atoms with van der Waals surface area (Å²) < 4.78 is 0.469. The Kier molecular flexibility index (Phi) is 4.07. The first-order chi connectivity index (χ1) is 7.58. The Morgan fingerprint density at radius 3 is 2.69 bits per heavy atom. The van der Waals surface area contributed by atoms with E-state index in [0.29, 0.717) is 16.0 Å². The van der Waals surface area contributed by atoms with Crippen molar-refractivity contribution in [2.45, 2.75) is 35.9 Å². The Labute approximate surface area is 111 Å². The minimum Gasteiger partial charge on any atom is -0.339 e. The van der Waals surface area contributed by atoms with Crippen molar-refractivity contribution in [2.75, 3.05) is 26.7 Å². The van der Waals surface area contributed by atoms with E-state index in [1.54, 1.807) is 0 Å². The number of nitrogens with zero attached hydrogens (tertiary/aromatic N) is 2. The van der Waals surface area contributed by atoms with Crippen LogP contribution < -0.4 is 5.32 Å². The molecule has 2 aliphatic heterocycles. The zero-order valence-electron chi connectivity index (χ0n) is 9.95. The van der Waals surface area contributed by atoms with Crippen LogP contribution in [-0.2, 0) is 4.79 Å². The molecule has 0 aromatic carbocycles. The van der Waals surface area contributed by atoms with Gasteiger partial charge in [-0.2, -0.15) is 0 Å². The highest BCUT2D eigenvalue weighted by atomic mass is 127. The Bertz CT molecular complexity index is 274. The van der Waals surface area contributed by atoms with Crippen molar-refractivity contribution < 1.29 is 4.79 Å². The van der Waals surface area contributed by atoms with Crippen molar-refractivity contribution in [2.24, 2.45) is 0 Å². The molecule has 0 bridgehead atoms. The molecule has 0 aliphatic carbocycles. The molecule has 16 heavy (non-hydrogen) atoms. The maximum Gasteiger partial charge on any atom is 0.239 e. The molecule has 4 nitrogen and oxygen atoms in total. The number of alkyl halides is 1. The maximum absolute atomic E-state index is 12.2. The molecule has 2 aliphatic rings. The van der Waals surface area contributed by atoms with E-state index in [-0.39, 0.29) is 6.04 Å². The average Bonchev–Trinajstić information content (AvgIpc) is 2.68. The highest BCUT2D eigenvalue weighted by Crippen LogP contribution is 2.20. The van der Waals surface area contributed by atoms with Gasteiger partial charge >= 0.3 is 0 Å². The molecule has 0 aromatic rings. The highest BCUT2D eigenvalue weighted by molar-refractivity contribution is 14.1. The molecule has 92 valence electrons. The third-order valence-electron chi connectivity index (χ3n) is 3.66. The van der Waals surface area contributed by atoms with Crippen LogP contribution in [0.5, 0.6) is 0 Å². The second-order valence-corrected chi connectivity index (χ2v) is 6.38. The van der Waals surface area contributed by atoms with Gasteiger partial charge in [0.15, 0.2) is 0 Å². The van der Waals surface area contributed by atoms with Gasteiger partial charge in [0.2, 0.25) is 5.91 Å². The minimum atomic E-state index is 0.0671. The number of piperazine rings is 1. The van der Waals surface area contributed by atoms with E-state index in [2.05, 4.69) is 46.8 Å². The lowest BCUT2D eigenvalue weighted by Crippen LogP contribution is -2.55. The van der Waals surface area contributed by atoms with Crippen molar-refractivity contribution in [1.82, 2.24) is 15.1 Å². The van der Waals surface area contributed by atoms with Gasteiger partial charge in [-0.15, -0.1) is 0 Å². The van der Waals surface area contributed by atoms with Gasteiger partial charge < -0.3 is 9.80 Å². The molecule has 0 saturated carbocycles. The summed E-state index contributed by atoms with van der Waals surface area (Å²) in [5.74, 6) is 0.305. The normalized spacial score (nSPS) is 36.7. The van der Waals surface area contributed by atoms with Crippen LogP contribution >= 0.6 is 22.6 Å². The van der Waals surface area contributed by atoms with Crippen LogP contribution in [0.3, 0.4) is 0 Å². The first kappa shape index (κ1) is 12.6. The number of rotatable bonds is 1. The summed E-state index contributed by atoms with van der Waals surface area (Å²) in [5, 5.41) is 3.36. The topological polar surface area (TPSA) is 35.6 Å². The summed E-state index contributed by atoms with van der Waals surface area (Å²) in [6, 6.07) is 0.548. The Hall–Kier alpha value is 0.120. The summed E-state index contributed by atoms with van der Waals surface area (Å²) in [4.78, 5) is 16.6. The van der Waals surface area contributed by atoms with Crippen molar-refractivity contribution in [3.05, 3.63) is 0 Å². The molecule has 5 heteroatoms. The monoisotopic (exact) mass is 337 g/mol. The van der Waals surface area contributed by atoms with Gasteiger partial charge in [-0.1, -0.05) is 22.6 Å². The summed E-state index contributed by atoms with van der Waals surface area (Å²) in [5.41, 5.74) is 0. The van der Waals surface area contributed by atoms with E-state index in [0.717, 1.165) is 32.5 Å². The molecule has 1 amide bonds. The van der Waals surface area contributed by atoms with Gasteiger partial charge in [0.1, 0.15) is 0 Å². The number of hydrogen-bond acceptors (Lipinski definition) is 3. The van der Waals surface area contributed by atoms with Gasteiger partial charge in [-0.05, 0) is 26.8 Å². The molecule has 0 spiro atoms. The van der Waals surface area contributed by atoms with Gasteiger partial charge in [-0.25, -0.2) is 0 Å². The summed E-state index contributed by atoms with van der Waals surface area (Å²) >= 11 is 2.37. The number of likely N-dealkylation sites (N-methyl/N-ethyl adjacent to an activating group) is 1. The third-order valence-corrected chi connectivity index (χ3v) is 4.64. The van der Waals surface area contributed by atoms with E-state index in [1.165, 1.54) is 0 Å². The fraction of sp³-hybridized carbons (Fsp3) is 0.909. The van der Waals surface area contributed by atoms with Gasteiger partial charge in [0.25, 0.3) is 0 Å². The van der Waals surface area contributed by atoms with Crippen molar-refractivity contribution in [3.8, 4) is 0 Å². The lowest BCUT2D eigenvalue weighted by atomic mass is 10.1. The molecule has 2 heterocycles. The van der Waals surface area contributed by atoms with Crippen LogP contribution in [0.2, 0.25) is 0 Å². The van der Waals surface area contributed by atoms with E-state index in [1.807, 2.05) is 4.90 Å².